The summed E-state index contributed by atoms with van der Waals surface area (Å²) in [6.07, 6.45) is 1.07. The van der Waals surface area contributed by atoms with Crippen molar-refractivity contribution in [3.63, 3.8) is 0 Å². The van der Waals surface area contributed by atoms with Crippen LogP contribution in [0.1, 0.15) is 34.1 Å². The number of rotatable bonds is 7. The molecule has 3 heteroatoms. The van der Waals surface area contributed by atoms with E-state index >= 15 is 0 Å². The van der Waals surface area contributed by atoms with E-state index in [4.69, 9.17) is 4.43 Å². The molecule has 0 radical (unpaired) electrons. The molecule has 0 spiro atoms. The van der Waals surface area contributed by atoms with Crippen LogP contribution >= 0.6 is 0 Å². The van der Waals surface area contributed by atoms with E-state index in [1.165, 1.54) is 10.4 Å². The molecule has 2 aromatic rings. The molecule has 24 heavy (non-hydrogen) atoms. The van der Waals surface area contributed by atoms with Gasteiger partial charge in [-0.3, -0.25) is 0 Å². The Morgan fingerprint density at radius 2 is 1.50 bits per heavy atom. The third-order valence-corrected chi connectivity index (χ3v) is 14.4. The highest BCUT2D eigenvalue weighted by molar-refractivity contribution is 6.87. The van der Waals surface area contributed by atoms with Gasteiger partial charge in [0, 0.05) is 5.22 Å². The standard InChI is InChI=1S/C21H32OSi2/c1-7-21(4,23(5)19-14-10-8-11-15-19)22-24(6,18(2)3)20-16-12-9-13-17-20/h8-18,23H,7H2,1-6H3. The van der Waals surface area contributed by atoms with Gasteiger partial charge in [-0.1, -0.05) is 93.2 Å². The maximum atomic E-state index is 7.14. The SMILES string of the molecule is CCC(C)(O[Si](C)(c1ccccc1)C(C)C)[SiH](C)c1ccccc1. The zero-order valence-electron chi connectivity index (χ0n) is 16.0. The lowest BCUT2D eigenvalue weighted by Gasteiger charge is -2.44. The van der Waals surface area contributed by atoms with Crippen molar-refractivity contribution in [3.8, 4) is 0 Å². The molecule has 0 aliphatic rings. The lowest BCUT2D eigenvalue weighted by atomic mass is 10.3. The molecule has 0 aliphatic carbocycles. The van der Waals surface area contributed by atoms with Gasteiger partial charge in [0.1, 0.15) is 8.80 Å². The molecule has 2 aromatic carbocycles. The second-order valence-corrected chi connectivity index (χ2v) is 15.0. The van der Waals surface area contributed by atoms with Crippen molar-refractivity contribution in [1.82, 2.24) is 0 Å². The van der Waals surface area contributed by atoms with Crippen LogP contribution in [-0.2, 0) is 4.43 Å². The van der Waals surface area contributed by atoms with Gasteiger partial charge in [-0.25, -0.2) is 0 Å². The summed E-state index contributed by atoms with van der Waals surface area (Å²) >= 11 is 0. The van der Waals surface area contributed by atoms with Gasteiger partial charge < -0.3 is 4.43 Å². The summed E-state index contributed by atoms with van der Waals surface area (Å²) in [4.78, 5) is 0. The molecule has 3 atom stereocenters. The van der Waals surface area contributed by atoms with Crippen molar-refractivity contribution in [2.24, 2.45) is 0 Å². The third-order valence-electron chi connectivity index (χ3n) is 5.81. The Hall–Kier alpha value is -1.17. The summed E-state index contributed by atoms with van der Waals surface area (Å²) in [5.41, 5.74) is 0.544. The lowest BCUT2D eigenvalue weighted by Crippen LogP contribution is -2.61. The van der Waals surface area contributed by atoms with Crippen LogP contribution in [0.4, 0.5) is 0 Å². The van der Waals surface area contributed by atoms with Crippen molar-refractivity contribution in [1.29, 1.82) is 0 Å². The lowest BCUT2D eigenvalue weighted by molar-refractivity contribution is 0.155. The quantitative estimate of drug-likeness (QED) is 0.670. The molecule has 0 heterocycles. The molecule has 0 aromatic heterocycles. The van der Waals surface area contributed by atoms with Crippen LogP contribution in [0.5, 0.6) is 0 Å². The Kier molecular flexibility index (Phi) is 6.24. The highest BCUT2D eigenvalue weighted by atomic mass is 28.4. The van der Waals surface area contributed by atoms with Crippen LogP contribution in [0.2, 0.25) is 18.6 Å². The van der Waals surface area contributed by atoms with Crippen LogP contribution in [0.3, 0.4) is 0 Å². The van der Waals surface area contributed by atoms with Crippen molar-refractivity contribution in [2.45, 2.75) is 58.0 Å². The summed E-state index contributed by atoms with van der Waals surface area (Å²) in [7, 11) is -3.26. The Labute approximate surface area is 150 Å². The fraction of sp³-hybridized carbons (Fsp3) is 0.429. The summed E-state index contributed by atoms with van der Waals surface area (Å²) in [6.45, 7) is 14.1. The molecule has 0 aliphatic heterocycles. The van der Waals surface area contributed by atoms with Crippen LogP contribution < -0.4 is 10.4 Å². The highest BCUT2D eigenvalue weighted by Crippen LogP contribution is 2.31. The van der Waals surface area contributed by atoms with Crippen LogP contribution in [0.25, 0.3) is 0 Å². The second-order valence-electron chi connectivity index (χ2n) is 7.53. The van der Waals surface area contributed by atoms with E-state index in [1.54, 1.807) is 0 Å². The maximum Gasteiger partial charge on any atom is 0.223 e. The number of hydrogen-bond acceptors (Lipinski definition) is 1. The Bertz CT molecular complexity index is 629. The molecule has 0 saturated heterocycles. The largest absolute Gasteiger partial charge is 0.410 e. The predicted octanol–water partition coefficient (Wildman–Crippen LogP) is 4.37. The number of benzene rings is 2. The molecule has 0 saturated carbocycles. The fourth-order valence-electron chi connectivity index (χ4n) is 3.32. The monoisotopic (exact) mass is 356 g/mol. The van der Waals surface area contributed by atoms with Gasteiger partial charge in [-0.05, 0) is 30.6 Å². The Balaban J connectivity index is 2.38. The molecular formula is C21H32OSi2. The summed E-state index contributed by atoms with van der Waals surface area (Å²) in [5.74, 6) is 0. The topological polar surface area (TPSA) is 9.23 Å². The van der Waals surface area contributed by atoms with Crippen molar-refractivity contribution in [2.75, 3.05) is 0 Å². The first-order valence-corrected chi connectivity index (χ1v) is 13.9. The van der Waals surface area contributed by atoms with E-state index in [0.717, 1.165) is 6.42 Å². The Morgan fingerprint density at radius 3 is 1.96 bits per heavy atom. The van der Waals surface area contributed by atoms with Crippen molar-refractivity contribution in [3.05, 3.63) is 60.7 Å². The fourth-order valence-corrected chi connectivity index (χ4v) is 9.87. The summed E-state index contributed by atoms with van der Waals surface area (Å²) in [5, 5.41) is 2.88. The predicted molar refractivity (Wildman–Crippen MR) is 112 cm³/mol. The van der Waals surface area contributed by atoms with Crippen molar-refractivity contribution < 1.29 is 4.43 Å². The van der Waals surface area contributed by atoms with Crippen LogP contribution in [0, 0.1) is 0 Å². The first-order chi connectivity index (χ1) is 11.3. The van der Waals surface area contributed by atoms with Crippen LogP contribution in [0.15, 0.2) is 60.7 Å². The summed E-state index contributed by atoms with van der Waals surface area (Å²) < 4.78 is 7.14. The molecule has 1 nitrogen and oxygen atoms in total. The molecule has 3 unspecified atom stereocenters. The van der Waals surface area contributed by atoms with E-state index in [9.17, 15) is 0 Å². The van der Waals surface area contributed by atoms with Crippen LogP contribution in [-0.4, -0.2) is 22.3 Å². The molecule has 130 valence electrons. The molecule has 0 amide bonds. The van der Waals surface area contributed by atoms with E-state index < -0.39 is 17.1 Å². The average Bonchev–Trinajstić information content (AvgIpc) is 2.62. The van der Waals surface area contributed by atoms with Gasteiger partial charge >= 0.3 is 0 Å². The second kappa shape index (κ2) is 7.81. The van der Waals surface area contributed by atoms with E-state index in [1.807, 2.05) is 0 Å². The van der Waals surface area contributed by atoms with E-state index in [-0.39, 0.29) is 5.22 Å². The molecular weight excluding hydrogens is 324 g/mol. The smallest absolute Gasteiger partial charge is 0.223 e. The first-order valence-electron chi connectivity index (χ1n) is 9.14. The molecule has 0 N–H and O–H groups in total. The minimum absolute atomic E-state index is 0.0254. The molecule has 2 rings (SSSR count). The van der Waals surface area contributed by atoms with Crippen molar-refractivity contribution >= 4 is 27.5 Å². The van der Waals surface area contributed by atoms with Gasteiger partial charge in [0.2, 0.25) is 8.32 Å². The average molecular weight is 357 g/mol. The van der Waals surface area contributed by atoms with Gasteiger partial charge in [-0.2, -0.15) is 0 Å². The van der Waals surface area contributed by atoms with Gasteiger partial charge in [0.15, 0.2) is 0 Å². The van der Waals surface area contributed by atoms with E-state index in [0.29, 0.717) is 5.54 Å². The molecule has 0 bridgehead atoms. The van der Waals surface area contributed by atoms with Gasteiger partial charge in [-0.15, -0.1) is 0 Å². The normalized spacial score (nSPS) is 18.0. The minimum atomic E-state index is -2.02. The van der Waals surface area contributed by atoms with E-state index in [2.05, 4.69) is 101 Å². The zero-order valence-corrected chi connectivity index (χ0v) is 18.2. The highest BCUT2D eigenvalue weighted by Gasteiger charge is 2.44. The first kappa shape index (κ1) is 19.2. The zero-order chi connectivity index (χ0) is 17.8. The maximum absolute atomic E-state index is 7.14. The minimum Gasteiger partial charge on any atom is -0.410 e. The summed E-state index contributed by atoms with van der Waals surface area (Å²) in [6, 6.07) is 21.9. The molecule has 0 fully saturated rings. The number of hydrogen-bond donors (Lipinski definition) is 0. The van der Waals surface area contributed by atoms with Gasteiger partial charge in [0.25, 0.3) is 0 Å². The van der Waals surface area contributed by atoms with Gasteiger partial charge in [0.05, 0.1) is 0 Å². The third kappa shape index (κ3) is 3.90. The Morgan fingerprint density at radius 1 is 1.00 bits per heavy atom.